The highest BCUT2D eigenvalue weighted by atomic mass is 32.2. The Balaban J connectivity index is 2.57. The van der Waals surface area contributed by atoms with E-state index in [0.717, 1.165) is 13.0 Å². The molecule has 0 aromatic carbocycles. The van der Waals surface area contributed by atoms with Crippen LogP contribution in [0.3, 0.4) is 0 Å². The van der Waals surface area contributed by atoms with E-state index in [0.29, 0.717) is 6.04 Å². The molecule has 1 rings (SSSR count). The second kappa shape index (κ2) is 3.32. The molecule has 0 radical (unpaired) electrons. The van der Waals surface area contributed by atoms with Crippen LogP contribution in [0, 0.1) is 0 Å². The molecule has 12 heavy (non-hydrogen) atoms. The van der Waals surface area contributed by atoms with Gasteiger partial charge >= 0.3 is 0 Å². The molecule has 72 valence electrons. The molecule has 1 fully saturated rings. The zero-order valence-electron chi connectivity index (χ0n) is 7.74. The molecule has 4 nitrogen and oxygen atoms in total. The summed E-state index contributed by atoms with van der Waals surface area (Å²) in [5, 5.41) is 3.19. The summed E-state index contributed by atoms with van der Waals surface area (Å²) in [6.45, 7) is 2.94. The first-order valence-corrected chi connectivity index (χ1v) is 5.94. The van der Waals surface area contributed by atoms with Crippen LogP contribution in [0.2, 0.25) is 0 Å². The van der Waals surface area contributed by atoms with Crippen molar-refractivity contribution in [2.24, 2.45) is 0 Å². The Morgan fingerprint density at radius 3 is 2.33 bits per heavy atom. The van der Waals surface area contributed by atoms with Gasteiger partial charge in [-0.15, -0.1) is 0 Å². The van der Waals surface area contributed by atoms with Crippen LogP contribution in [0.15, 0.2) is 0 Å². The van der Waals surface area contributed by atoms with Gasteiger partial charge in [0.1, 0.15) is 0 Å². The van der Waals surface area contributed by atoms with E-state index in [9.17, 15) is 8.42 Å². The molecule has 0 aromatic rings. The minimum Gasteiger partial charge on any atom is -0.312 e. The van der Waals surface area contributed by atoms with Crippen LogP contribution in [-0.4, -0.2) is 44.7 Å². The maximum Gasteiger partial charge on any atom is 0.211 e. The summed E-state index contributed by atoms with van der Waals surface area (Å²) in [5.41, 5.74) is 0. The molecule has 1 N–H and O–H groups in total. The largest absolute Gasteiger partial charge is 0.312 e. The van der Waals surface area contributed by atoms with Crippen molar-refractivity contribution in [3.05, 3.63) is 0 Å². The van der Waals surface area contributed by atoms with E-state index in [4.69, 9.17) is 0 Å². The monoisotopic (exact) mass is 192 g/mol. The lowest BCUT2D eigenvalue weighted by Gasteiger charge is -2.37. The third-order valence-corrected chi connectivity index (χ3v) is 3.92. The molecule has 2 unspecified atom stereocenters. The Labute approximate surface area is 74.0 Å². The molecular formula is C7H16N2O2S. The van der Waals surface area contributed by atoms with Gasteiger partial charge < -0.3 is 5.32 Å². The lowest BCUT2D eigenvalue weighted by atomic mass is 10.0. The highest BCUT2D eigenvalue weighted by molar-refractivity contribution is 7.88. The van der Waals surface area contributed by atoms with Crippen molar-refractivity contribution < 1.29 is 8.42 Å². The topological polar surface area (TPSA) is 49.4 Å². The standard InChI is InChI=1S/C7H16N2O2S/c1-6(7-4-5-8-7)9(2)12(3,10)11/h6-8H,4-5H2,1-3H3. The van der Waals surface area contributed by atoms with Crippen LogP contribution in [0.25, 0.3) is 0 Å². The molecule has 0 spiro atoms. The molecule has 0 aliphatic carbocycles. The smallest absolute Gasteiger partial charge is 0.211 e. The first-order valence-electron chi connectivity index (χ1n) is 4.09. The van der Waals surface area contributed by atoms with Crippen molar-refractivity contribution in [1.82, 2.24) is 9.62 Å². The highest BCUT2D eigenvalue weighted by Gasteiger charge is 2.29. The molecule has 1 heterocycles. The molecule has 1 aliphatic heterocycles. The van der Waals surface area contributed by atoms with E-state index < -0.39 is 10.0 Å². The van der Waals surface area contributed by atoms with E-state index in [1.165, 1.54) is 10.6 Å². The summed E-state index contributed by atoms with van der Waals surface area (Å²) in [6.07, 6.45) is 2.31. The number of sulfonamides is 1. The Hall–Kier alpha value is -0.130. The molecule has 0 amide bonds. The van der Waals surface area contributed by atoms with Gasteiger partial charge in [0, 0.05) is 19.1 Å². The lowest BCUT2D eigenvalue weighted by Crippen LogP contribution is -2.56. The van der Waals surface area contributed by atoms with Crippen LogP contribution >= 0.6 is 0 Å². The summed E-state index contributed by atoms with van der Waals surface area (Å²) in [4.78, 5) is 0. The molecule has 1 saturated heterocycles. The minimum absolute atomic E-state index is 0.0637. The van der Waals surface area contributed by atoms with Gasteiger partial charge in [0.15, 0.2) is 0 Å². The fourth-order valence-electron chi connectivity index (χ4n) is 1.28. The van der Waals surface area contributed by atoms with Gasteiger partial charge in [0.25, 0.3) is 0 Å². The normalized spacial score (nSPS) is 26.8. The number of rotatable bonds is 3. The predicted octanol–water partition coefficient (Wildman–Crippen LogP) is -0.372. The van der Waals surface area contributed by atoms with E-state index in [1.54, 1.807) is 7.05 Å². The zero-order valence-corrected chi connectivity index (χ0v) is 8.56. The summed E-state index contributed by atoms with van der Waals surface area (Å²) in [6, 6.07) is 0.401. The fraction of sp³-hybridized carbons (Fsp3) is 1.00. The number of hydrogen-bond donors (Lipinski definition) is 1. The van der Waals surface area contributed by atoms with Gasteiger partial charge in [-0.05, 0) is 19.9 Å². The Morgan fingerprint density at radius 1 is 1.58 bits per heavy atom. The number of nitrogens with zero attached hydrogens (tertiary/aromatic N) is 1. The number of likely N-dealkylation sites (N-methyl/N-ethyl adjacent to an activating group) is 1. The molecule has 2 atom stereocenters. The van der Waals surface area contributed by atoms with Crippen molar-refractivity contribution in [3.63, 3.8) is 0 Å². The maximum absolute atomic E-state index is 11.1. The van der Waals surface area contributed by atoms with Crippen molar-refractivity contribution in [2.45, 2.75) is 25.4 Å². The quantitative estimate of drug-likeness (QED) is 0.663. The molecular weight excluding hydrogens is 176 g/mol. The van der Waals surface area contributed by atoms with E-state index >= 15 is 0 Å². The van der Waals surface area contributed by atoms with E-state index in [-0.39, 0.29) is 6.04 Å². The van der Waals surface area contributed by atoms with Gasteiger partial charge in [0.2, 0.25) is 10.0 Å². The zero-order chi connectivity index (χ0) is 9.35. The Bertz CT molecular complexity index is 246. The van der Waals surface area contributed by atoms with Gasteiger partial charge in [-0.25, -0.2) is 12.7 Å². The first-order chi connectivity index (χ1) is 5.43. The summed E-state index contributed by atoms with van der Waals surface area (Å²) >= 11 is 0. The second-order valence-corrected chi connectivity index (χ2v) is 5.41. The maximum atomic E-state index is 11.1. The van der Waals surface area contributed by atoms with Crippen molar-refractivity contribution >= 4 is 10.0 Å². The van der Waals surface area contributed by atoms with Crippen LogP contribution in [0.4, 0.5) is 0 Å². The third-order valence-electron chi connectivity index (χ3n) is 2.54. The molecule has 1 aliphatic rings. The van der Waals surface area contributed by atoms with Crippen LogP contribution in [0.1, 0.15) is 13.3 Å². The van der Waals surface area contributed by atoms with Crippen molar-refractivity contribution in [3.8, 4) is 0 Å². The number of hydrogen-bond acceptors (Lipinski definition) is 3. The first kappa shape index (κ1) is 9.95. The average molecular weight is 192 g/mol. The SMILES string of the molecule is CC(C1CCN1)N(C)S(C)(=O)=O. The summed E-state index contributed by atoms with van der Waals surface area (Å²) in [7, 11) is -1.40. The van der Waals surface area contributed by atoms with Gasteiger partial charge in [-0.3, -0.25) is 0 Å². The Kier molecular flexibility index (Phi) is 2.75. The minimum atomic E-state index is -3.03. The highest BCUT2D eigenvalue weighted by Crippen LogP contribution is 2.13. The van der Waals surface area contributed by atoms with Crippen molar-refractivity contribution in [2.75, 3.05) is 19.8 Å². The predicted molar refractivity (Wildman–Crippen MR) is 48.5 cm³/mol. The van der Waals surface area contributed by atoms with Crippen LogP contribution in [0.5, 0.6) is 0 Å². The van der Waals surface area contributed by atoms with Gasteiger partial charge in [-0.1, -0.05) is 0 Å². The number of nitrogens with one attached hydrogen (secondary N) is 1. The van der Waals surface area contributed by atoms with Crippen LogP contribution in [-0.2, 0) is 10.0 Å². The fourth-order valence-corrected chi connectivity index (χ4v) is 2.03. The summed E-state index contributed by atoms with van der Waals surface area (Å²) < 4.78 is 23.7. The van der Waals surface area contributed by atoms with Gasteiger partial charge in [0.05, 0.1) is 6.26 Å². The van der Waals surface area contributed by atoms with Gasteiger partial charge in [-0.2, -0.15) is 0 Å². The average Bonchev–Trinajstić information content (AvgIpc) is 1.79. The van der Waals surface area contributed by atoms with E-state index in [2.05, 4.69) is 5.32 Å². The molecule has 5 heteroatoms. The molecule has 0 aromatic heterocycles. The van der Waals surface area contributed by atoms with Crippen LogP contribution < -0.4 is 5.32 Å². The third kappa shape index (κ3) is 1.97. The lowest BCUT2D eigenvalue weighted by molar-refractivity contribution is 0.238. The molecule has 0 bridgehead atoms. The summed E-state index contributed by atoms with van der Waals surface area (Å²) in [5.74, 6) is 0. The molecule has 0 saturated carbocycles. The Morgan fingerprint density at radius 2 is 2.08 bits per heavy atom. The van der Waals surface area contributed by atoms with Crippen molar-refractivity contribution in [1.29, 1.82) is 0 Å². The second-order valence-electron chi connectivity index (χ2n) is 3.37. The van der Waals surface area contributed by atoms with E-state index in [1.807, 2.05) is 6.92 Å².